The average Bonchev–Trinajstić information content (AvgIpc) is 2.74. The molecular formula is C24H32F2NO3+. The van der Waals surface area contributed by atoms with Gasteiger partial charge in [0, 0.05) is 11.1 Å². The van der Waals surface area contributed by atoms with Gasteiger partial charge in [0.1, 0.15) is 11.6 Å². The molecule has 3 aliphatic heterocycles. The van der Waals surface area contributed by atoms with Crippen LogP contribution in [0, 0.1) is 17.6 Å². The van der Waals surface area contributed by atoms with E-state index in [4.69, 9.17) is 9.84 Å². The van der Waals surface area contributed by atoms with E-state index in [0.29, 0.717) is 11.1 Å². The average molecular weight is 421 g/mol. The second-order valence-electron chi connectivity index (χ2n) is 7.90. The molecule has 3 aliphatic rings. The van der Waals surface area contributed by atoms with Crippen LogP contribution in [0.25, 0.3) is 0 Å². The number of piperidine rings is 3. The lowest BCUT2D eigenvalue weighted by Crippen LogP contribution is -2.55. The molecule has 0 radical (unpaired) electrons. The first-order valence-corrected chi connectivity index (χ1v) is 10.6. The summed E-state index contributed by atoms with van der Waals surface area (Å²) < 4.78 is 32.5. The van der Waals surface area contributed by atoms with E-state index in [1.54, 1.807) is 0 Å². The largest absolute Gasteiger partial charge is 0.506 e. The number of quaternary nitrogens is 1. The molecule has 2 aromatic carbocycles. The molecule has 0 aromatic heterocycles. The monoisotopic (exact) mass is 420 g/mol. The Morgan fingerprint density at radius 1 is 0.967 bits per heavy atom. The predicted octanol–water partition coefficient (Wildman–Crippen LogP) is 6.02. The number of nitrogens with zero attached hydrogens (tertiary/aromatic N) is 1. The number of rotatable bonds is 3. The van der Waals surface area contributed by atoms with Gasteiger partial charge in [-0.25, -0.2) is 13.6 Å². The standard InChI is InChI=1S/C14H10F2O3.C8H16N.C2H6/c15-11-5-1-3-9(7-11)13(19-14(17)18)10-4-2-6-12(16)8-10;1-9-5-2-8(3-6-9)4-7-9;1-2/h1-8,13H,(H,17,18);8H,2-7H2,1H3;1-2H3/q;+1;. The molecule has 2 aromatic rings. The maximum Gasteiger partial charge on any atom is 0.506 e. The Labute approximate surface area is 177 Å². The highest BCUT2D eigenvalue weighted by Crippen LogP contribution is 2.31. The zero-order valence-electron chi connectivity index (χ0n) is 18.0. The van der Waals surface area contributed by atoms with E-state index in [9.17, 15) is 13.6 Å². The lowest BCUT2D eigenvalue weighted by atomic mass is 9.86. The van der Waals surface area contributed by atoms with Crippen molar-refractivity contribution in [1.82, 2.24) is 0 Å². The number of carboxylic acid groups (broad SMARTS) is 1. The van der Waals surface area contributed by atoms with Gasteiger partial charge in [0.2, 0.25) is 0 Å². The minimum Gasteiger partial charge on any atom is -0.450 e. The molecule has 1 N–H and O–H groups in total. The van der Waals surface area contributed by atoms with Gasteiger partial charge in [-0.05, 0) is 49.4 Å². The predicted molar refractivity (Wildman–Crippen MR) is 113 cm³/mol. The maximum atomic E-state index is 13.2. The smallest absolute Gasteiger partial charge is 0.450 e. The normalized spacial score (nSPS) is 21.7. The summed E-state index contributed by atoms with van der Waals surface area (Å²) in [5.74, 6) is 0.0748. The highest BCUT2D eigenvalue weighted by molar-refractivity contribution is 5.58. The fourth-order valence-corrected chi connectivity index (χ4v) is 4.02. The van der Waals surface area contributed by atoms with Gasteiger partial charge in [-0.2, -0.15) is 0 Å². The van der Waals surface area contributed by atoms with E-state index in [1.807, 2.05) is 13.8 Å². The van der Waals surface area contributed by atoms with Crippen LogP contribution < -0.4 is 0 Å². The topological polar surface area (TPSA) is 46.5 Å². The van der Waals surface area contributed by atoms with Crippen LogP contribution in [0.2, 0.25) is 0 Å². The van der Waals surface area contributed by atoms with Crippen molar-refractivity contribution in [2.45, 2.75) is 39.2 Å². The van der Waals surface area contributed by atoms with Crippen molar-refractivity contribution in [3.8, 4) is 0 Å². The van der Waals surface area contributed by atoms with Gasteiger partial charge in [0.15, 0.2) is 6.10 Å². The number of halogens is 2. The molecule has 0 spiro atoms. The molecule has 30 heavy (non-hydrogen) atoms. The van der Waals surface area contributed by atoms with Crippen LogP contribution in [0.3, 0.4) is 0 Å². The summed E-state index contributed by atoms with van der Waals surface area (Å²) in [7, 11) is 2.41. The maximum absolute atomic E-state index is 13.2. The Morgan fingerprint density at radius 2 is 1.40 bits per heavy atom. The second kappa shape index (κ2) is 11.1. The molecule has 0 aliphatic carbocycles. The Morgan fingerprint density at radius 3 is 1.70 bits per heavy atom. The van der Waals surface area contributed by atoms with Crippen LogP contribution in [0.5, 0.6) is 0 Å². The van der Waals surface area contributed by atoms with E-state index in [-0.39, 0.29) is 0 Å². The lowest BCUT2D eigenvalue weighted by molar-refractivity contribution is -0.924. The third-order valence-electron chi connectivity index (χ3n) is 5.75. The summed E-state index contributed by atoms with van der Waals surface area (Å²) in [6.07, 6.45) is 1.95. The zero-order valence-corrected chi connectivity index (χ0v) is 18.0. The van der Waals surface area contributed by atoms with Crippen LogP contribution in [-0.4, -0.2) is 42.4 Å². The van der Waals surface area contributed by atoms with Crippen molar-refractivity contribution in [3.63, 3.8) is 0 Å². The highest BCUT2D eigenvalue weighted by Gasteiger charge is 2.35. The summed E-state index contributed by atoms with van der Waals surface area (Å²) in [5, 5.41) is 8.74. The zero-order chi connectivity index (χ0) is 22.1. The van der Waals surface area contributed by atoms with Crippen molar-refractivity contribution >= 4 is 6.16 Å². The molecule has 2 bridgehead atoms. The van der Waals surface area contributed by atoms with Crippen molar-refractivity contribution < 1.29 is 27.9 Å². The Bertz CT molecular complexity index is 760. The third kappa shape index (κ3) is 6.80. The van der Waals surface area contributed by atoms with Crippen molar-refractivity contribution in [2.24, 2.45) is 5.92 Å². The molecule has 0 unspecified atom stereocenters. The summed E-state index contributed by atoms with van der Waals surface area (Å²) >= 11 is 0. The second-order valence-corrected chi connectivity index (χ2v) is 7.90. The summed E-state index contributed by atoms with van der Waals surface area (Å²) in [4.78, 5) is 10.7. The first-order valence-electron chi connectivity index (χ1n) is 10.6. The minimum absolute atomic E-state index is 0.299. The number of benzene rings is 2. The van der Waals surface area contributed by atoms with Gasteiger partial charge >= 0.3 is 6.16 Å². The molecule has 164 valence electrons. The van der Waals surface area contributed by atoms with Crippen LogP contribution in [0.15, 0.2) is 48.5 Å². The molecule has 3 heterocycles. The van der Waals surface area contributed by atoms with Crippen molar-refractivity contribution in [2.75, 3.05) is 26.7 Å². The van der Waals surface area contributed by atoms with Gasteiger partial charge in [0.25, 0.3) is 0 Å². The number of carbonyl (C=O) groups is 1. The van der Waals surface area contributed by atoms with Crippen LogP contribution in [-0.2, 0) is 4.74 Å². The number of fused-ring (bicyclic) bond motifs is 3. The Kier molecular flexibility index (Phi) is 8.78. The molecule has 6 heteroatoms. The molecule has 4 nitrogen and oxygen atoms in total. The number of hydrogen-bond acceptors (Lipinski definition) is 2. The number of hydrogen-bond donors (Lipinski definition) is 1. The first kappa shape index (κ1) is 23.8. The Hall–Kier alpha value is -2.47. The lowest BCUT2D eigenvalue weighted by Gasteiger charge is -2.46. The third-order valence-corrected chi connectivity index (χ3v) is 5.75. The Balaban J connectivity index is 0.000000241. The number of ether oxygens (including phenoxy) is 1. The van der Waals surface area contributed by atoms with Gasteiger partial charge in [0.05, 0.1) is 26.7 Å². The molecule has 3 saturated heterocycles. The van der Waals surface area contributed by atoms with E-state index < -0.39 is 23.9 Å². The van der Waals surface area contributed by atoms with E-state index in [1.165, 1.54) is 79.8 Å². The molecule has 5 rings (SSSR count). The van der Waals surface area contributed by atoms with Gasteiger partial charge in [-0.3, -0.25) is 0 Å². The summed E-state index contributed by atoms with van der Waals surface area (Å²) in [5.41, 5.74) is 0.598. The van der Waals surface area contributed by atoms with E-state index >= 15 is 0 Å². The first-order chi connectivity index (χ1) is 14.3. The summed E-state index contributed by atoms with van der Waals surface area (Å²) in [6.45, 7) is 8.39. The molecular weight excluding hydrogens is 388 g/mol. The summed E-state index contributed by atoms with van der Waals surface area (Å²) in [6, 6.07) is 10.7. The fraction of sp³-hybridized carbons (Fsp3) is 0.458. The SMILES string of the molecule is CC.C[N+]12CCC(CC1)CC2.O=C(O)OC(c1cccc(F)c1)c1cccc(F)c1. The van der Waals surface area contributed by atoms with Crippen molar-refractivity contribution in [1.29, 1.82) is 0 Å². The van der Waals surface area contributed by atoms with Crippen molar-refractivity contribution in [3.05, 3.63) is 71.3 Å². The van der Waals surface area contributed by atoms with E-state index in [0.717, 1.165) is 18.1 Å². The fourth-order valence-electron chi connectivity index (χ4n) is 4.02. The molecule has 0 saturated carbocycles. The van der Waals surface area contributed by atoms with Crippen LogP contribution in [0.1, 0.15) is 50.3 Å². The quantitative estimate of drug-likeness (QED) is 0.488. The molecule has 3 fully saturated rings. The molecule has 0 atom stereocenters. The van der Waals surface area contributed by atoms with E-state index in [2.05, 4.69) is 7.05 Å². The van der Waals surface area contributed by atoms with Crippen LogP contribution in [0.4, 0.5) is 13.6 Å². The molecule has 0 amide bonds. The van der Waals surface area contributed by atoms with Gasteiger partial charge in [-0.1, -0.05) is 38.1 Å². The highest BCUT2D eigenvalue weighted by atomic mass is 19.1. The van der Waals surface area contributed by atoms with Gasteiger partial charge in [-0.15, -0.1) is 0 Å². The van der Waals surface area contributed by atoms with Gasteiger partial charge < -0.3 is 14.3 Å². The van der Waals surface area contributed by atoms with Crippen LogP contribution >= 0.6 is 0 Å². The minimum atomic E-state index is -1.52.